The second kappa shape index (κ2) is 12.8. The zero-order valence-corrected chi connectivity index (χ0v) is 21.1. The number of nitrogens with one attached hydrogen (secondary N) is 1. The average molecular weight is 568 g/mol. The zero-order valence-electron chi connectivity index (χ0n) is 19.5. The van der Waals surface area contributed by atoms with Gasteiger partial charge in [0.2, 0.25) is 10.0 Å². The van der Waals surface area contributed by atoms with Crippen LogP contribution in [0.2, 0.25) is 5.02 Å². The Morgan fingerprint density at radius 3 is 2.11 bits per heavy atom. The van der Waals surface area contributed by atoms with Crippen LogP contribution < -0.4 is 14.4 Å². The van der Waals surface area contributed by atoms with Crippen molar-refractivity contribution in [1.29, 1.82) is 0 Å². The number of hydrogen-bond donors (Lipinski definition) is 3. The normalized spacial score (nSPS) is 14.4. The Kier molecular flexibility index (Phi) is 10.4. The monoisotopic (exact) mass is 567 g/mol. The fraction of sp³-hybridized carbons (Fsp3) is 0.364. The number of rotatable bonds is 8. The summed E-state index contributed by atoms with van der Waals surface area (Å²) in [5.41, 5.74) is 0.974. The molecule has 0 bridgehead atoms. The summed E-state index contributed by atoms with van der Waals surface area (Å²) < 4.78 is 63.3. The van der Waals surface area contributed by atoms with Crippen molar-refractivity contribution in [2.24, 2.45) is 0 Å². The molecule has 0 radical (unpaired) electrons. The fourth-order valence-corrected chi connectivity index (χ4v) is 3.95. The highest BCUT2D eigenvalue weighted by atomic mass is 35.5. The van der Waals surface area contributed by atoms with Crippen LogP contribution in [0.4, 0.5) is 24.5 Å². The predicted octanol–water partition coefficient (Wildman–Crippen LogP) is 3.24. The maximum atomic E-state index is 11.7. The SMILES string of the molecule is CS(=O)(=O)Nc1cc(C(=O)O)ccc1N1CCN(CCOc2ccc(Cl)cc2)CC1.O=C(O)C(F)(F)F. The van der Waals surface area contributed by atoms with Crippen molar-refractivity contribution >= 4 is 44.9 Å². The van der Waals surface area contributed by atoms with Crippen molar-refractivity contribution in [3.63, 3.8) is 0 Å². The molecule has 204 valence electrons. The van der Waals surface area contributed by atoms with Gasteiger partial charge in [-0.2, -0.15) is 13.2 Å². The number of anilines is 2. The molecule has 1 aliphatic heterocycles. The molecule has 37 heavy (non-hydrogen) atoms. The molecule has 3 N–H and O–H groups in total. The first-order chi connectivity index (χ1) is 17.2. The summed E-state index contributed by atoms with van der Waals surface area (Å²) in [7, 11) is -3.54. The summed E-state index contributed by atoms with van der Waals surface area (Å²) in [5.74, 6) is -3.09. The molecule has 0 aliphatic carbocycles. The highest BCUT2D eigenvalue weighted by Gasteiger charge is 2.38. The van der Waals surface area contributed by atoms with Gasteiger partial charge in [0, 0.05) is 37.7 Å². The molecular weight excluding hydrogens is 543 g/mol. The summed E-state index contributed by atoms with van der Waals surface area (Å²) in [5, 5.41) is 17.0. The van der Waals surface area contributed by atoms with Gasteiger partial charge in [0.05, 0.1) is 23.2 Å². The Morgan fingerprint density at radius 2 is 1.62 bits per heavy atom. The van der Waals surface area contributed by atoms with Crippen molar-refractivity contribution in [3.8, 4) is 5.75 Å². The quantitative estimate of drug-likeness (QED) is 0.439. The highest BCUT2D eigenvalue weighted by molar-refractivity contribution is 7.92. The largest absolute Gasteiger partial charge is 0.492 e. The van der Waals surface area contributed by atoms with Crippen LogP contribution >= 0.6 is 11.6 Å². The molecule has 15 heteroatoms. The number of hydrogen-bond acceptors (Lipinski definition) is 7. The van der Waals surface area contributed by atoms with Crippen LogP contribution in [0, 0.1) is 0 Å². The Balaban J connectivity index is 0.000000604. The first-order valence-electron chi connectivity index (χ1n) is 10.7. The minimum absolute atomic E-state index is 0.0304. The number of aliphatic carboxylic acids is 1. The van der Waals surface area contributed by atoms with E-state index in [4.69, 9.17) is 26.2 Å². The van der Waals surface area contributed by atoms with E-state index in [1.807, 2.05) is 12.1 Å². The topological polar surface area (TPSA) is 136 Å². The standard InChI is InChI=1S/C20H24ClN3O5S.C2HF3O2/c1-30(27,28)22-18-14-15(20(25)26)2-7-19(18)24-10-8-23(9-11-24)12-13-29-17-5-3-16(21)4-6-17;3-2(4,5)1(6)7/h2-7,14,22H,8-13H2,1H3,(H,25,26);(H,6,7). The molecule has 0 saturated carbocycles. The van der Waals surface area contributed by atoms with Gasteiger partial charge >= 0.3 is 18.1 Å². The van der Waals surface area contributed by atoms with Gasteiger partial charge in [0.15, 0.2) is 0 Å². The first-order valence-corrected chi connectivity index (χ1v) is 12.9. The van der Waals surface area contributed by atoms with Gasteiger partial charge in [0.25, 0.3) is 0 Å². The number of nitrogens with zero attached hydrogens (tertiary/aromatic N) is 2. The molecule has 0 aromatic heterocycles. The molecule has 1 aliphatic rings. The number of alkyl halides is 3. The second-order valence-electron chi connectivity index (χ2n) is 7.85. The van der Waals surface area contributed by atoms with Crippen LogP contribution in [0.1, 0.15) is 10.4 Å². The summed E-state index contributed by atoms with van der Waals surface area (Å²) >= 11 is 5.87. The Bertz CT molecular complexity index is 1190. The second-order valence-corrected chi connectivity index (χ2v) is 10.0. The lowest BCUT2D eigenvalue weighted by Gasteiger charge is -2.36. The van der Waals surface area contributed by atoms with Gasteiger partial charge in [-0.25, -0.2) is 18.0 Å². The number of carboxylic acids is 2. The van der Waals surface area contributed by atoms with E-state index in [9.17, 15) is 31.5 Å². The summed E-state index contributed by atoms with van der Waals surface area (Å²) in [4.78, 5) is 24.5. The summed E-state index contributed by atoms with van der Waals surface area (Å²) in [6.07, 6.45) is -4.04. The number of carboxylic acid groups (broad SMARTS) is 2. The van der Waals surface area contributed by atoms with Crippen LogP contribution in [0.3, 0.4) is 0 Å². The molecule has 0 spiro atoms. The van der Waals surface area contributed by atoms with E-state index in [2.05, 4.69) is 14.5 Å². The number of aromatic carboxylic acids is 1. The van der Waals surface area contributed by atoms with Gasteiger partial charge < -0.3 is 19.8 Å². The Hall–Kier alpha value is -3.23. The molecule has 1 fully saturated rings. The van der Waals surface area contributed by atoms with Crippen molar-refractivity contribution in [2.75, 3.05) is 55.2 Å². The van der Waals surface area contributed by atoms with Crippen molar-refractivity contribution in [3.05, 3.63) is 53.1 Å². The van der Waals surface area contributed by atoms with Gasteiger partial charge in [-0.1, -0.05) is 11.6 Å². The van der Waals surface area contributed by atoms with E-state index in [0.29, 0.717) is 30.4 Å². The third-order valence-electron chi connectivity index (χ3n) is 4.98. The molecule has 1 heterocycles. The fourth-order valence-electron chi connectivity index (χ4n) is 3.26. The van der Waals surface area contributed by atoms with Crippen LogP contribution in [0.25, 0.3) is 0 Å². The molecule has 0 atom stereocenters. The zero-order chi connectivity index (χ0) is 27.8. The van der Waals surface area contributed by atoms with E-state index >= 15 is 0 Å². The van der Waals surface area contributed by atoms with E-state index in [0.717, 1.165) is 31.6 Å². The van der Waals surface area contributed by atoms with Crippen molar-refractivity contribution in [2.45, 2.75) is 6.18 Å². The highest BCUT2D eigenvalue weighted by Crippen LogP contribution is 2.29. The van der Waals surface area contributed by atoms with Gasteiger partial charge in [0.1, 0.15) is 12.4 Å². The number of ether oxygens (including phenoxy) is 1. The maximum absolute atomic E-state index is 11.7. The third kappa shape index (κ3) is 10.3. The molecule has 10 nitrogen and oxygen atoms in total. The average Bonchev–Trinajstić information content (AvgIpc) is 2.79. The number of halogens is 4. The van der Waals surface area contributed by atoms with Crippen molar-refractivity contribution in [1.82, 2.24) is 4.90 Å². The number of carbonyl (C=O) groups is 2. The number of sulfonamides is 1. The van der Waals surface area contributed by atoms with E-state index in [1.165, 1.54) is 12.1 Å². The van der Waals surface area contributed by atoms with E-state index < -0.39 is 28.1 Å². The number of benzene rings is 2. The molecule has 0 unspecified atom stereocenters. The lowest BCUT2D eigenvalue weighted by molar-refractivity contribution is -0.192. The molecule has 3 rings (SSSR count). The molecular formula is C22H25ClF3N3O7S. The van der Waals surface area contributed by atoms with Gasteiger partial charge in [-0.15, -0.1) is 0 Å². The van der Waals surface area contributed by atoms with Gasteiger partial charge in [-0.3, -0.25) is 9.62 Å². The Morgan fingerprint density at radius 1 is 1.05 bits per heavy atom. The van der Waals surface area contributed by atoms with Crippen LogP contribution in [-0.4, -0.2) is 87.2 Å². The number of piperazine rings is 1. The minimum atomic E-state index is -5.08. The molecule has 1 saturated heterocycles. The molecule has 2 aromatic carbocycles. The summed E-state index contributed by atoms with van der Waals surface area (Å²) in [6.45, 7) is 4.25. The van der Waals surface area contributed by atoms with E-state index in [1.54, 1.807) is 18.2 Å². The smallest absolute Gasteiger partial charge is 0.490 e. The van der Waals surface area contributed by atoms with E-state index in [-0.39, 0.29) is 11.3 Å². The lowest BCUT2D eigenvalue weighted by atomic mass is 10.1. The first kappa shape index (κ1) is 30.0. The molecule has 0 amide bonds. The summed E-state index contributed by atoms with van der Waals surface area (Å²) in [6, 6.07) is 11.7. The third-order valence-corrected chi connectivity index (χ3v) is 5.83. The van der Waals surface area contributed by atoms with Gasteiger partial charge in [-0.05, 0) is 42.5 Å². The van der Waals surface area contributed by atoms with Crippen LogP contribution in [0.5, 0.6) is 5.75 Å². The molecule has 2 aromatic rings. The maximum Gasteiger partial charge on any atom is 0.490 e. The van der Waals surface area contributed by atoms with Crippen LogP contribution in [0.15, 0.2) is 42.5 Å². The van der Waals surface area contributed by atoms with Crippen molar-refractivity contribution < 1.29 is 46.1 Å². The predicted molar refractivity (Wildman–Crippen MR) is 131 cm³/mol. The minimum Gasteiger partial charge on any atom is -0.492 e. The Labute approximate surface area is 216 Å². The van der Waals surface area contributed by atoms with Crippen LogP contribution in [-0.2, 0) is 14.8 Å². The lowest BCUT2D eigenvalue weighted by Crippen LogP contribution is -2.47.